The second-order valence-corrected chi connectivity index (χ2v) is 6.62. The van der Waals surface area contributed by atoms with Gasteiger partial charge >= 0.3 is 0 Å². The van der Waals surface area contributed by atoms with Crippen molar-refractivity contribution in [3.63, 3.8) is 0 Å². The zero-order valence-electron chi connectivity index (χ0n) is 14.8. The lowest BCUT2D eigenvalue weighted by Gasteiger charge is -2.32. The molecule has 0 radical (unpaired) electrons. The maximum absolute atomic E-state index is 12.5. The highest BCUT2D eigenvalue weighted by Crippen LogP contribution is 2.29. The Labute approximate surface area is 145 Å². The number of carbonyl (C=O) groups excluding carboxylic acids is 1. The lowest BCUT2D eigenvalue weighted by Crippen LogP contribution is -2.44. The van der Waals surface area contributed by atoms with Gasteiger partial charge in [0.2, 0.25) is 5.91 Å². The van der Waals surface area contributed by atoms with Gasteiger partial charge in [0.15, 0.2) is 0 Å². The van der Waals surface area contributed by atoms with Crippen LogP contribution in [-0.2, 0) is 15.1 Å². The number of benzene rings is 2. The van der Waals surface area contributed by atoms with E-state index in [2.05, 4.69) is 19.2 Å². The van der Waals surface area contributed by atoms with E-state index in [9.17, 15) is 4.79 Å². The number of carbonyl (C=O) groups is 1. The van der Waals surface area contributed by atoms with Gasteiger partial charge in [-0.3, -0.25) is 4.79 Å². The highest BCUT2D eigenvalue weighted by molar-refractivity contribution is 5.77. The molecule has 2 aromatic carbocycles. The Morgan fingerprint density at radius 3 is 1.96 bits per heavy atom. The van der Waals surface area contributed by atoms with Crippen molar-refractivity contribution >= 4 is 5.91 Å². The molecule has 0 spiro atoms. The maximum atomic E-state index is 12.5. The third-order valence-electron chi connectivity index (χ3n) is 4.02. The molecule has 0 atom stereocenters. The van der Waals surface area contributed by atoms with Crippen LogP contribution in [0.1, 0.15) is 38.3 Å². The maximum Gasteiger partial charge on any atom is 0.223 e. The second kappa shape index (κ2) is 8.65. The highest BCUT2D eigenvalue weighted by atomic mass is 16.5. The summed E-state index contributed by atoms with van der Waals surface area (Å²) in [5.41, 5.74) is 1.57. The number of nitrogens with one attached hydrogen (secondary N) is 1. The second-order valence-electron chi connectivity index (χ2n) is 6.62. The summed E-state index contributed by atoms with van der Waals surface area (Å²) in [6, 6.07) is 20.1. The molecule has 0 aliphatic carbocycles. The van der Waals surface area contributed by atoms with E-state index in [4.69, 9.17) is 4.74 Å². The summed E-state index contributed by atoms with van der Waals surface area (Å²) in [7, 11) is 0. The van der Waals surface area contributed by atoms with Gasteiger partial charge in [0, 0.05) is 13.0 Å². The largest absolute Gasteiger partial charge is 0.381 e. The molecule has 0 fully saturated rings. The topological polar surface area (TPSA) is 38.3 Å². The third kappa shape index (κ3) is 4.93. The minimum absolute atomic E-state index is 0.00559. The Balaban J connectivity index is 2.12. The summed E-state index contributed by atoms with van der Waals surface area (Å²) >= 11 is 0. The predicted octanol–water partition coefficient (Wildman–Crippen LogP) is 4.13. The molecule has 0 unspecified atom stereocenters. The highest BCUT2D eigenvalue weighted by Gasteiger charge is 2.30. The van der Waals surface area contributed by atoms with Crippen LogP contribution in [0.25, 0.3) is 0 Å². The van der Waals surface area contributed by atoms with Crippen LogP contribution in [0.2, 0.25) is 0 Å². The normalized spacial score (nSPS) is 11.5. The van der Waals surface area contributed by atoms with Crippen molar-refractivity contribution in [3.05, 3.63) is 71.8 Å². The van der Waals surface area contributed by atoms with E-state index in [1.807, 2.05) is 67.6 Å². The molecule has 3 heteroatoms. The standard InChI is InChI=1S/C21H27NO2/c1-17(2)16-24-15-14-20(23)22-21(3,18-10-6-4-7-11-18)19-12-8-5-9-13-19/h4-13,17H,14-16H2,1-3H3,(H,22,23). The van der Waals surface area contributed by atoms with E-state index in [-0.39, 0.29) is 5.91 Å². The molecular formula is C21H27NO2. The van der Waals surface area contributed by atoms with Crippen LogP contribution in [0.15, 0.2) is 60.7 Å². The van der Waals surface area contributed by atoms with E-state index in [0.717, 1.165) is 11.1 Å². The van der Waals surface area contributed by atoms with Gasteiger partial charge in [-0.2, -0.15) is 0 Å². The Bertz CT molecular complexity index is 583. The van der Waals surface area contributed by atoms with Crippen molar-refractivity contribution in [1.29, 1.82) is 0 Å². The summed E-state index contributed by atoms with van der Waals surface area (Å²) in [4.78, 5) is 12.5. The van der Waals surface area contributed by atoms with Crippen molar-refractivity contribution < 1.29 is 9.53 Å². The molecule has 0 saturated carbocycles. The van der Waals surface area contributed by atoms with Crippen LogP contribution in [0, 0.1) is 5.92 Å². The molecule has 2 rings (SSSR count). The fourth-order valence-corrected chi connectivity index (χ4v) is 2.68. The van der Waals surface area contributed by atoms with Gasteiger partial charge in [0.1, 0.15) is 0 Å². The Hall–Kier alpha value is -2.13. The van der Waals surface area contributed by atoms with Crippen molar-refractivity contribution in [2.45, 2.75) is 32.7 Å². The first-order valence-electron chi connectivity index (χ1n) is 8.52. The van der Waals surface area contributed by atoms with E-state index in [1.54, 1.807) is 0 Å². The molecule has 2 aromatic rings. The summed E-state index contributed by atoms with van der Waals surface area (Å²) in [6.45, 7) is 7.38. The van der Waals surface area contributed by atoms with Gasteiger partial charge < -0.3 is 10.1 Å². The van der Waals surface area contributed by atoms with Crippen LogP contribution in [0.3, 0.4) is 0 Å². The van der Waals surface area contributed by atoms with Crippen molar-refractivity contribution in [3.8, 4) is 0 Å². The van der Waals surface area contributed by atoms with Gasteiger partial charge in [0.25, 0.3) is 0 Å². The number of hydrogen-bond acceptors (Lipinski definition) is 2. The van der Waals surface area contributed by atoms with Gasteiger partial charge in [-0.1, -0.05) is 74.5 Å². The number of ether oxygens (including phenoxy) is 1. The quantitative estimate of drug-likeness (QED) is 0.741. The Kier molecular flexibility index (Phi) is 6.56. The zero-order valence-corrected chi connectivity index (χ0v) is 14.8. The Morgan fingerprint density at radius 1 is 1.00 bits per heavy atom. The van der Waals surface area contributed by atoms with Crippen LogP contribution in [-0.4, -0.2) is 19.1 Å². The SMILES string of the molecule is CC(C)COCCC(=O)NC(C)(c1ccccc1)c1ccccc1. The van der Waals surface area contributed by atoms with Crippen molar-refractivity contribution in [1.82, 2.24) is 5.32 Å². The smallest absolute Gasteiger partial charge is 0.223 e. The van der Waals surface area contributed by atoms with Gasteiger partial charge in [-0.05, 0) is 24.0 Å². The van der Waals surface area contributed by atoms with Crippen LogP contribution in [0.5, 0.6) is 0 Å². The zero-order chi connectivity index (χ0) is 17.4. The third-order valence-corrected chi connectivity index (χ3v) is 4.02. The molecule has 128 valence electrons. The fraction of sp³-hybridized carbons (Fsp3) is 0.381. The average molecular weight is 325 g/mol. The van der Waals surface area contributed by atoms with E-state index < -0.39 is 5.54 Å². The van der Waals surface area contributed by atoms with Crippen LogP contribution in [0.4, 0.5) is 0 Å². The molecule has 0 heterocycles. The van der Waals surface area contributed by atoms with Gasteiger partial charge in [0.05, 0.1) is 12.1 Å². The molecule has 1 amide bonds. The molecule has 0 aliphatic heterocycles. The van der Waals surface area contributed by atoms with E-state index in [1.165, 1.54) is 0 Å². The van der Waals surface area contributed by atoms with Crippen molar-refractivity contribution in [2.75, 3.05) is 13.2 Å². The predicted molar refractivity (Wildman–Crippen MR) is 97.8 cm³/mol. The molecule has 0 aromatic heterocycles. The first-order chi connectivity index (χ1) is 11.5. The minimum atomic E-state index is -0.558. The van der Waals surface area contributed by atoms with Crippen LogP contribution < -0.4 is 5.32 Å². The molecule has 3 nitrogen and oxygen atoms in total. The van der Waals surface area contributed by atoms with Gasteiger partial charge in [-0.15, -0.1) is 0 Å². The molecule has 0 saturated heterocycles. The molecule has 1 N–H and O–H groups in total. The average Bonchev–Trinajstić information content (AvgIpc) is 2.60. The Morgan fingerprint density at radius 2 is 1.50 bits per heavy atom. The summed E-state index contributed by atoms with van der Waals surface area (Å²) in [6.07, 6.45) is 0.363. The lowest BCUT2D eigenvalue weighted by molar-refractivity contribution is -0.123. The molecule has 0 aliphatic rings. The van der Waals surface area contributed by atoms with Gasteiger partial charge in [-0.25, -0.2) is 0 Å². The summed E-state index contributed by atoms with van der Waals surface area (Å²) < 4.78 is 5.53. The van der Waals surface area contributed by atoms with E-state index >= 15 is 0 Å². The molecule has 24 heavy (non-hydrogen) atoms. The van der Waals surface area contributed by atoms with E-state index in [0.29, 0.717) is 25.6 Å². The first kappa shape index (κ1) is 18.2. The minimum Gasteiger partial charge on any atom is -0.381 e. The fourth-order valence-electron chi connectivity index (χ4n) is 2.68. The summed E-state index contributed by atoms with van der Waals surface area (Å²) in [5.74, 6) is 0.473. The monoisotopic (exact) mass is 325 g/mol. The van der Waals surface area contributed by atoms with Crippen LogP contribution >= 0.6 is 0 Å². The number of hydrogen-bond donors (Lipinski definition) is 1. The lowest BCUT2D eigenvalue weighted by atomic mass is 9.84. The summed E-state index contributed by atoms with van der Waals surface area (Å²) in [5, 5.41) is 3.20. The number of amides is 1. The van der Waals surface area contributed by atoms with Crippen molar-refractivity contribution in [2.24, 2.45) is 5.92 Å². The number of rotatable bonds is 8. The first-order valence-corrected chi connectivity index (χ1v) is 8.52. The molecular weight excluding hydrogens is 298 g/mol. The molecule has 0 bridgehead atoms.